The quantitative estimate of drug-likeness (QED) is 0.600. The van der Waals surface area contributed by atoms with Crippen LogP contribution in [0.25, 0.3) is 0 Å². The van der Waals surface area contributed by atoms with E-state index in [1.165, 1.54) is 0 Å². The van der Waals surface area contributed by atoms with Gasteiger partial charge in [-0.15, -0.1) is 0 Å². The van der Waals surface area contributed by atoms with Crippen molar-refractivity contribution in [3.8, 4) is 11.6 Å². The van der Waals surface area contributed by atoms with E-state index in [0.29, 0.717) is 31.5 Å². The molecule has 0 aliphatic carbocycles. The zero-order valence-corrected chi connectivity index (χ0v) is 12.3. The lowest BCUT2D eigenvalue weighted by atomic mass is 10.3. The summed E-state index contributed by atoms with van der Waals surface area (Å²) in [6.07, 6.45) is 0. The van der Waals surface area contributed by atoms with Gasteiger partial charge in [0.05, 0.1) is 13.2 Å². The molecular weight excluding hydrogens is 268 g/mol. The van der Waals surface area contributed by atoms with E-state index in [2.05, 4.69) is 15.3 Å². The van der Waals surface area contributed by atoms with E-state index in [9.17, 15) is 0 Å². The Morgan fingerprint density at radius 3 is 2.62 bits per heavy atom. The third kappa shape index (κ3) is 4.83. The van der Waals surface area contributed by atoms with Crippen LogP contribution in [0.1, 0.15) is 12.7 Å². The molecule has 0 amide bonds. The van der Waals surface area contributed by atoms with E-state index in [4.69, 9.17) is 15.2 Å². The number of nitrogens with zero attached hydrogens (tertiary/aromatic N) is 2. The highest BCUT2D eigenvalue weighted by Crippen LogP contribution is 2.14. The van der Waals surface area contributed by atoms with E-state index in [-0.39, 0.29) is 0 Å². The monoisotopic (exact) mass is 288 g/mol. The van der Waals surface area contributed by atoms with Crippen molar-refractivity contribution in [2.24, 2.45) is 0 Å². The van der Waals surface area contributed by atoms with Gasteiger partial charge in [-0.1, -0.05) is 0 Å². The van der Waals surface area contributed by atoms with Crippen molar-refractivity contribution in [3.05, 3.63) is 36.2 Å². The molecule has 0 saturated carbocycles. The van der Waals surface area contributed by atoms with Crippen LogP contribution in [0.3, 0.4) is 0 Å². The maximum absolute atomic E-state index is 5.62. The van der Waals surface area contributed by atoms with Crippen LogP contribution in [0, 0.1) is 6.92 Å². The summed E-state index contributed by atoms with van der Waals surface area (Å²) >= 11 is 0. The number of ether oxygens (including phenoxy) is 2. The summed E-state index contributed by atoms with van der Waals surface area (Å²) in [5.41, 5.74) is 6.34. The molecule has 0 atom stereocenters. The lowest BCUT2D eigenvalue weighted by Gasteiger charge is -2.10. The second-order valence-electron chi connectivity index (χ2n) is 4.42. The van der Waals surface area contributed by atoms with Crippen LogP contribution in [0.4, 0.5) is 11.5 Å². The Balaban J connectivity index is 1.81. The van der Waals surface area contributed by atoms with Gasteiger partial charge in [0, 0.05) is 11.8 Å². The van der Waals surface area contributed by atoms with Gasteiger partial charge in [0.2, 0.25) is 5.88 Å². The van der Waals surface area contributed by atoms with Crippen molar-refractivity contribution >= 4 is 11.5 Å². The molecular formula is C15H20N4O2. The fraction of sp³-hybridized carbons (Fsp3) is 0.333. The predicted octanol–water partition coefficient (Wildman–Crippen LogP) is 2.26. The summed E-state index contributed by atoms with van der Waals surface area (Å²) in [7, 11) is 0. The first-order valence-electron chi connectivity index (χ1n) is 6.88. The topological polar surface area (TPSA) is 82.3 Å². The molecule has 0 unspecified atom stereocenters. The average molecular weight is 288 g/mol. The van der Waals surface area contributed by atoms with Gasteiger partial charge in [0.1, 0.15) is 24.0 Å². The van der Waals surface area contributed by atoms with Gasteiger partial charge >= 0.3 is 0 Å². The minimum absolute atomic E-state index is 0.525. The zero-order chi connectivity index (χ0) is 15.1. The minimum atomic E-state index is 0.525. The highest BCUT2D eigenvalue weighted by atomic mass is 16.5. The van der Waals surface area contributed by atoms with Crippen LogP contribution in [-0.2, 0) is 0 Å². The van der Waals surface area contributed by atoms with Crippen molar-refractivity contribution in [2.75, 3.05) is 30.8 Å². The summed E-state index contributed by atoms with van der Waals surface area (Å²) in [5.74, 6) is 2.77. The second-order valence-corrected chi connectivity index (χ2v) is 4.42. The maximum atomic E-state index is 5.62. The third-order valence-electron chi connectivity index (χ3n) is 2.66. The van der Waals surface area contributed by atoms with Crippen LogP contribution in [-0.4, -0.2) is 29.7 Å². The maximum Gasteiger partial charge on any atom is 0.218 e. The van der Waals surface area contributed by atoms with Gasteiger partial charge in [-0.3, -0.25) is 0 Å². The minimum Gasteiger partial charge on any atom is -0.492 e. The summed E-state index contributed by atoms with van der Waals surface area (Å²) in [6, 6.07) is 9.09. The molecule has 2 rings (SSSR count). The Morgan fingerprint density at radius 2 is 1.90 bits per heavy atom. The first-order valence-corrected chi connectivity index (χ1v) is 6.88. The van der Waals surface area contributed by atoms with Crippen molar-refractivity contribution in [3.63, 3.8) is 0 Å². The molecule has 0 fully saturated rings. The van der Waals surface area contributed by atoms with Crippen molar-refractivity contribution < 1.29 is 9.47 Å². The number of aryl methyl sites for hydroxylation is 1. The molecule has 6 heteroatoms. The first-order chi connectivity index (χ1) is 10.2. The number of hydrogen-bond acceptors (Lipinski definition) is 6. The van der Waals surface area contributed by atoms with E-state index >= 15 is 0 Å². The van der Waals surface area contributed by atoms with Crippen LogP contribution < -0.4 is 20.5 Å². The fourth-order valence-corrected chi connectivity index (χ4v) is 1.76. The highest BCUT2D eigenvalue weighted by molar-refractivity contribution is 5.41. The van der Waals surface area contributed by atoms with Crippen LogP contribution >= 0.6 is 0 Å². The Hall–Kier alpha value is -2.50. The molecule has 1 heterocycles. The summed E-state index contributed by atoms with van der Waals surface area (Å²) in [5, 5.41) is 3.19. The second kappa shape index (κ2) is 7.33. The van der Waals surface area contributed by atoms with Crippen molar-refractivity contribution in [2.45, 2.75) is 13.8 Å². The molecule has 0 spiro atoms. The van der Waals surface area contributed by atoms with Crippen molar-refractivity contribution in [1.29, 1.82) is 0 Å². The summed E-state index contributed by atoms with van der Waals surface area (Å²) in [4.78, 5) is 8.49. The Morgan fingerprint density at radius 1 is 1.14 bits per heavy atom. The molecule has 0 aliphatic rings. The predicted molar refractivity (Wildman–Crippen MR) is 82.8 cm³/mol. The molecule has 2 aromatic rings. The Labute approximate surface area is 124 Å². The number of anilines is 2. The number of hydrogen-bond donors (Lipinski definition) is 2. The highest BCUT2D eigenvalue weighted by Gasteiger charge is 2.02. The number of nitrogens with two attached hydrogens (primary N) is 1. The van der Waals surface area contributed by atoms with Gasteiger partial charge < -0.3 is 20.5 Å². The molecule has 3 N–H and O–H groups in total. The molecule has 6 nitrogen and oxygen atoms in total. The van der Waals surface area contributed by atoms with Gasteiger partial charge in [0.25, 0.3) is 0 Å². The van der Waals surface area contributed by atoms with Gasteiger partial charge in [-0.2, -0.15) is 4.98 Å². The molecule has 0 aliphatic heterocycles. The van der Waals surface area contributed by atoms with Crippen molar-refractivity contribution in [1.82, 2.24) is 9.97 Å². The number of nitrogens with one attached hydrogen (secondary N) is 1. The molecule has 0 bridgehead atoms. The number of aromatic nitrogens is 2. The number of benzene rings is 1. The SMILES string of the molecule is CCOc1cc(NCCOc2ccc(N)cc2)nc(C)n1. The fourth-order valence-electron chi connectivity index (χ4n) is 1.76. The smallest absolute Gasteiger partial charge is 0.218 e. The standard InChI is InChI=1S/C15H20N4O2/c1-3-20-15-10-14(18-11(2)19-15)17-8-9-21-13-6-4-12(16)5-7-13/h4-7,10H,3,8-9,16H2,1-2H3,(H,17,18,19). The van der Waals surface area contributed by atoms with Crippen LogP contribution in [0.5, 0.6) is 11.6 Å². The Kier molecular flexibility index (Phi) is 5.20. The zero-order valence-electron chi connectivity index (χ0n) is 12.3. The van der Waals surface area contributed by atoms with Gasteiger partial charge in [-0.05, 0) is 38.1 Å². The first kappa shape index (κ1) is 14.9. The lowest BCUT2D eigenvalue weighted by Crippen LogP contribution is -2.13. The van der Waals surface area contributed by atoms with E-state index in [0.717, 1.165) is 17.3 Å². The average Bonchev–Trinajstić information content (AvgIpc) is 2.45. The lowest BCUT2D eigenvalue weighted by molar-refractivity contribution is 0.325. The van der Waals surface area contributed by atoms with Crippen LogP contribution in [0.15, 0.2) is 30.3 Å². The number of rotatable bonds is 7. The van der Waals surface area contributed by atoms with E-state index in [1.807, 2.05) is 38.1 Å². The third-order valence-corrected chi connectivity index (χ3v) is 2.66. The molecule has 21 heavy (non-hydrogen) atoms. The number of nitrogen functional groups attached to an aromatic ring is 1. The molecule has 1 aromatic carbocycles. The molecule has 112 valence electrons. The van der Waals surface area contributed by atoms with E-state index in [1.54, 1.807) is 6.07 Å². The summed E-state index contributed by atoms with van der Waals surface area (Å²) < 4.78 is 11.0. The van der Waals surface area contributed by atoms with E-state index < -0.39 is 0 Å². The molecule has 0 saturated heterocycles. The van der Waals surface area contributed by atoms with Gasteiger partial charge in [-0.25, -0.2) is 4.98 Å². The normalized spacial score (nSPS) is 10.2. The van der Waals surface area contributed by atoms with Gasteiger partial charge in [0.15, 0.2) is 0 Å². The molecule has 0 radical (unpaired) electrons. The van der Waals surface area contributed by atoms with Crippen LogP contribution in [0.2, 0.25) is 0 Å². The summed E-state index contributed by atoms with van der Waals surface area (Å²) in [6.45, 7) is 5.49. The Bertz CT molecular complexity index is 572. The molecule has 1 aromatic heterocycles. The largest absolute Gasteiger partial charge is 0.492 e.